The Morgan fingerprint density at radius 1 is 1.40 bits per heavy atom. The summed E-state index contributed by atoms with van der Waals surface area (Å²) in [6, 6.07) is 0. The Bertz CT molecular complexity index is 254. The molecule has 4 nitrogen and oxygen atoms in total. The first-order valence-corrected chi connectivity index (χ1v) is 8.31. The van der Waals surface area contributed by atoms with Crippen LogP contribution >= 0.6 is 0 Å². The average Bonchev–Trinajstić information content (AvgIpc) is 2.43. The van der Waals surface area contributed by atoms with Gasteiger partial charge < -0.3 is 16.0 Å². The standard InChI is InChI=1S/C16H33N3O/c1-3-5-14(9-10-17)7-8-16(20)18-12-15-6-4-11-19(2)13-15/h14-15H,3-13,17H2,1-2H3,(H,18,20). The molecule has 0 aliphatic carbocycles. The van der Waals surface area contributed by atoms with Crippen LogP contribution in [0.15, 0.2) is 0 Å². The SMILES string of the molecule is CCCC(CCN)CCC(=O)NCC1CCCN(C)C1. The van der Waals surface area contributed by atoms with E-state index < -0.39 is 0 Å². The fourth-order valence-electron chi connectivity index (χ4n) is 3.20. The van der Waals surface area contributed by atoms with Crippen LogP contribution in [-0.2, 0) is 4.79 Å². The van der Waals surface area contributed by atoms with Gasteiger partial charge in [-0.05, 0) is 57.7 Å². The maximum absolute atomic E-state index is 11.9. The van der Waals surface area contributed by atoms with Gasteiger partial charge in [-0.25, -0.2) is 0 Å². The summed E-state index contributed by atoms with van der Waals surface area (Å²) < 4.78 is 0. The van der Waals surface area contributed by atoms with Gasteiger partial charge in [0.25, 0.3) is 0 Å². The lowest BCUT2D eigenvalue weighted by Crippen LogP contribution is -2.39. The van der Waals surface area contributed by atoms with E-state index in [1.165, 1.54) is 32.2 Å². The molecular formula is C16H33N3O. The summed E-state index contributed by atoms with van der Waals surface area (Å²) in [5.74, 6) is 1.47. The summed E-state index contributed by atoms with van der Waals surface area (Å²) in [5.41, 5.74) is 5.63. The van der Waals surface area contributed by atoms with E-state index in [0.717, 1.165) is 32.5 Å². The van der Waals surface area contributed by atoms with Crippen molar-refractivity contribution in [3.05, 3.63) is 0 Å². The largest absolute Gasteiger partial charge is 0.356 e. The molecule has 4 heteroatoms. The van der Waals surface area contributed by atoms with E-state index >= 15 is 0 Å². The molecule has 0 saturated carbocycles. The predicted molar refractivity (Wildman–Crippen MR) is 84.5 cm³/mol. The molecule has 0 bridgehead atoms. The van der Waals surface area contributed by atoms with Crippen LogP contribution in [0.1, 0.15) is 51.9 Å². The number of carbonyl (C=O) groups is 1. The fraction of sp³-hybridized carbons (Fsp3) is 0.938. The van der Waals surface area contributed by atoms with E-state index in [4.69, 9.17) is 5.73 Å². The number of carbonyl (C=O) groups excluding carboxylic acids is 1. The van der Waals surface area contributed by atoms with E-state index in [0.29, 0.717) is 18.3 Å². The Labute approximate surface area is 124 Å². The van der Waals surface area contributed by atoms with Crippen LogP contribution in [0.3, 0.4) is 0 Å². The highest BCUT2D eigenvalue weighted by Crippen LogP contribution is 2.17. The highest BCUT2D eigenvalue weighted by Gasteiger charge is 2.18. The van der Waals surface area contributed by atoms with Gasteiger partial charge in [-0.1, -0.05) is 19.8 Å². The van der Waals surface area contributed by atoms with Crippen molar-refractivity contribution in [2.24, 2.45) is 17.6 Å². The molecule has 1 saturated heterocycles. The minimum Gasteiger partial charge on any atom is -0.356 e. The monoisotopic (exact) mass is 283 g/mol. The minimum atomic E-state index is 0.219. The van der Waals surface area contributed by atoms with Crippen molar-refractivity contribution in [2.75, 3.05) is 33.2 Å². The van der Waals surface area contributed by atoms with Gasteiger partial charge in [-0.3, -0.25) is 4.79 Å². The topological polar surface area (TPSA) is 58.4 Å². The number of piperidine rings is 1. The highest BCUT2D eigenvalue weighted by molar-refractivity contribution is 5.75. The van der Waals surface area contributed by atoms with Gasteiger partial charge in [0.15, 0.2) is 0 Å². The molecular weight excluding hydrogens is 250 g/mol. The van der Waals surface area contributed by atoms with Crippen LogP contribution < -0.4 is 11.1 Å². The Hall–Kier alpha value is -0.610. The summed E-state index contributed by atoms with van der Waals surface area (Å²) in [5, 5.41) is 3.12. The maximum atomic E-state index is 11.9. The van der Waals surface area contributed by atoms with E-state index in [1.54, 1.807) is 0 Å². The number of amides is 1. The molecule has 1 rings (SSSR count). The molecule has 0 aromatic carbocycles. The molecule has 118 valence electrons. The van der Waals surface area contributed by atoms with Crippen molar-refractivity contribution >= 4 is 5.91 Å². The quantitative estimate of drug-likeness (QED) is 0.680. The Morgan fingerprint density at radius 3 is 2.85 bits per heavy atom. The zero-order chi connectivity index (χ0) is 14.8. The maximum Gasteiger partial charge on any atom is 0.220 e. The van der Waals surface area contributed by atoms with Crippen LogP contribution in [0.5, 0.6) is 0 Å². The van der Waals surface area contributed by atoms with E-state index in [9.17, 15) is 4.79 Å². The molecule has 0 spiro atoms. The summed E-state index contributed by atoms with van der Waals surface area (Å²) in [7, 11) is 2.16. The lowest BCUT2D eigenvalue weighted by molar-refractivity contribution is -0.121. The Kier molecular flexibility index (Phi) is 8.86. The molecule has 1 fully saturated rings. The number of nitrogens with zero attached hydrogens (tertiary/aromatic N) is 1. The van der Waals surface area contributed by atoms with Gasteiger partial charge in [0.1, 0.15) is 0 Å². The van der Waals surface area contributed by atoms with Gasteiger partial charge in [0.05, 0.1) is 0 Å². The summed E-state index contributed by atoms with van der Waals surface area (Å²) >= 11 is 0. The lowest BCUT2D eigenvalue weighted by Gasteiger charge is -2.29. The van der Waals surface area contributed by atoms with Gasteiger partial charge in [0, 0.05) is 19.5 Å². The van der Waals surface area contributed by atoms with Crippen LogP contribution in [0.2, 0.25) is 0 Å². The molecule has 2 atom stereocenters. The third-order valence-corrected chi connectivity index (χ3v) is 4.36. The summed E-state index contributed by atoms with van der Waals surface area (Å²) in [4.78, 5) is 14.3. The number of hydrogen-bond acceptors (Lipinski definition) is 3. The normalized spacial score (nSPS) is 21.6. The molecule has 2 unspecified atom stereocenters. The van der Waals surface area contributed by atoms with Crippen LogP contribution in [0, 0.1) is 11.8 Å². The van der Waals surface area contributed by atoms with E-state index in [1.807, 2.05) is 0 Å². The van der Waals surface area contributed by atoms with Crippen molar-refractivity contribution < 1.29 is 4.79 Å². The summed E-state index contributed by atoms with van der Waals surface area (Å²) in [6.45, 7) is 6.09. The molecule has 0 aromatic rings. The molecule has 3 N–H and O–H groups in total. The van der Waals surface area contributed by atoms with Crippen molar-refractivity contribution in [1.29, 1.82) is 0 Å². The molecule has 20 heavy (non-hydrogen) atoms. The van der Waals surface area contributed by atoms with Crippen molar-refractivity contribution in [1.82, 2.24) is 10.2 Å². The zero-order valence-corrected chi connectivity index (χ0v) is 13.4. The molecule has 1 aliphatic rings. The third-order valence-electron chi connectivity index (χ3n) is 4.36. The highest BCUT2D eigenvalue weighted by atomic mass is 16.1. The second kappa shape index (κ2) is 10.2. The van der Waals surface area contributed by atoms with Gasteiger partial charge in [-0.2, -0.15) is 0 Å². The van der Waals surface area contributed by atoms with Crippen LogP contribution in [0.25, 0.3) is 0 Å². The minimum absolute atomic E-state index is 0.219. The lowest BCUT2D eigenvalue weighted by atomic mass is 9.94. The molecule has 1 heterocycles. The van der Waals surface area contributed by atoms with Gasteiger partial charge in [0.2, 0.25) is 5.91 Å². The smallest absolute Gasteiger partial charge is 0.220 e. The number of nitrogens with one attached hydrogen (secondary N) is 1. The molecule has 1 aliphatic heterocycles. The molecule has 0 aromatic heterocycles. The number of nitrogens with two attached hydrogens (primary N) is 1. The van der Waals surface area contributed by atoms with E-state index in [2.05, 4.69) is 24.2 Å². The Balaban J connectivity index is 2.15. The molecule has 0 radical (unpaired) electrons. The number of likely N-dealkylation sites (tertiary alicyclic amines) is 1. The number of rotatable bonds is 9. The van der Waals surface area contributed by atoms with Crippen molar-refractivity contribution in [2.45, 2.75) is 51.9 Å². The van der Waals surface area contributed by atoms with Gasteiger partial charge in [-0.15, -0.1) is 0 Å². The van der Waals surface area contributed by atoms with Crippen LogP contribution in [-0.4, -0.2) is 44.0 Å². The van der Waals surface area contributed by atoms with Crippen molar-refractivity contribution in [3.8, 4) is 0 Å². The first kappa shape index (κ1) is 17.4. The van der Waals surface area contributed by atoms with E-state index in [-0.39, 0.29) is 5.91 Å². The summed E-state index contributed by atoms with van der Waals surface area (Å²) in [6.07, 6.45) is 7.57. The predicted octanol–water partition coefficient (Wildman–Crippen LogP) is 1.99. The van der Waals surface area contributed by atoms with Crippen LogP contribution in [0.4, 0.5) is 0 Å². The van der Waals surface area contributed by atoms with Crippen molar-refractivity contribution in [3.63, 3.8) is 0 Å². The third kappa shape index (κ3) is 7.25. The fourth-order valence-corrected chi connectivity index (χ4v) is 3.20. The molecule has 1 amide bonds. The average molecular weight is 283 g/mol. The van der Waals surface area contributed by atoms with Gasteiger partial charge >= 0.3 is 0 Å². The Morgan fingerprint density at radius 2 is 2.20 bits per heavy atom. The second-order valence-electron chi connectivity index (χ2n) is 6.35. The zero-order valence-electron chi connectivity index (χ0n) is 13.4. The second-order valence-corrected chi connectivity index (χ2v) is 6.35. The number of hydrogen-bond donors (Lipinski definition) is 2. The first-order valence-electron chi connectivity index (χ1n) is 8.31. The first-order chi connectivity index (χ1) is 9.65.